The van der Waals surface area contributed by atoms with Crippen molar-refractivity contribution in [1.82, 2.24) is 10.1 Å². The highest BCUT2D eigenvalue weighted by atomic mass is 16.5. The average molecular weight is 296 g/mol. The predicted octanol–water partition coefficient (Wildman–Crippen LogP) is 3.60. The lowest BCUT2D eigenvalue weighted by atomic mass is 9.85. The van der Waals surface area contributed by atoms with E-state index in [0.29, 0.717) is 30.7 Å². The largest absolute Gasteiger partial charge is 0.392 e. The fourth-order valence-corrected chi connectivity index (χ4v) is 3.10. The highest BCUT2D eigenvalue weighted by molar-refractivity contribution is 4.99. The minimum atomic E-state index is -0.446. The van der Waals surface area contributed by atoms with Gasteiger partial charge in [-0.15, -0.1) is 0 Å². The van der Waals surface area contributed by atoms with Crippen LogP contribution >= 0.6 is 0 Å². The molecule has 0 spiro atoms. The summed E-state index contributed by atoms with van der Waals surface area (Å²) in [6.45, 7) is 6.52. The van der Waals surface area contributed by atoms with Crippen molar-refractivity contribution < 1.29 is 14.4 Å². The van der Waals surface area contributed by atoms with Crippen molar-refractivity contribution in [3.05, 3.63) is 11.7 Å². The van der Waals surface area contributed by atoms with Gasteiger partial charge in [0.15, 0.2) is 0 Å². The van der Waals surface area contributed by atoms with Gasteiger partial charge < -0.3 is 14.4 Å². The first-order valence-electron chi connectivity index (χ1n) is 8.30. The molecular formula is C16H28N2O3. The molecule has 0 aromatic carbocycles. The van der Waals surface area contributed by atoms with E-state index in [2.05, 4.69) is 10.1 Å². The van der Waals surface area contributed by atoms with Crippen molar-refractivity contribution in [3.8, 4) is 0 Å². The minimum Gasteiger partial charge on any atom is -0.392 e. The number of hydrogen-bond acceptors (Lipinski definition) is 5. The van der Waals surface area contributed by atoms with Gasteiger partial charge >= 0.3 is 0 Å². The number of aliphatic hydroxyl groups excluding tert-OH is 1. The van der Waals surface area contributed by atoms with Crippen LogP contribution in [0.25, 0.3) is 0 Å². The highest BCUT2D eigenvalue weighted by Gasteiger charge is 2.31. The lowest BCUT2D eigenvalue weighted by Gasteiger charge is -2.27. The molecule has 1 fully saturated rings. The number of ether oxygens (including phenoxy) is 1. The molecule has 0 amide bonds. The molecule has 2 rings (SSSR count). The lowest BCUT2D eigenvalue weighted by Crippen LogP contribution is -2.20. The smallest absolute Gasteiger partial charge is 0.232 e. The first-order valence-corrected chi connectivity index (χ1v) is 8.30. The van der Waals surface area contributed by atoms with Crippen LogP contribution in [0.3, 0.4) is 0 Å². The van der Waals surface area contributed by atoms with Crippen LogP contribution in [-0.2, 0) is 4.74 Å². The first-order chi connectivity index (χ1) is 10.2. The van der Waals surface area contributed by atoms with Crippen molar-refractivity contribution in [1.29, 1.82) is 0 Å². The van der Waals surface area contributed by atoms with E-state index in [-0.39, 0.29) is 12.0 Å². The van der Waals surface area contributed by atoms with E-state index in [4.69, 9.17) is 9.26 Å². The molecule has 21 heavy (non-hydrogen) atoms. The maximum atomic E-state index is 9.92. The molecule has 0 saturated heterocycles. The second-order valence-electron chi connectivity index (χ2n) is 6.03. The summed E-state index contributed by atoms with van der Waals surface area (Å²) < 4.78 is 11.3. The van der Waals surface area contributed by atoms with E-state index in [0.717, 1.165) is 0 Å². The van der Waals surface area contributed by atoms with Gasteiger partial charge in [-0.25, -0.2) is 0 Å². The van der Waals surface area contributed by atoms with Crippen LogP contribution in [0.1, 0.15) is 83.0 Å². The number of aliphatic hydroxyl groups is 1. The van der Waals surface area contributed by atoms with Crippen LogP contribution in [0.15, 0.2) is 4.52 Å². The SMILES string of the molecule is CCOC(c1noc(C(C)C(O)CC)n1)C1CCCCC1. The Morgan fingerprint density at radius 1 is 1.29 bits per heavy atom. The molecule has 3 unspecified atom stereocenters. The molecule has 1 heterocycles. The molecule has 1 aromatic heterocycles. The number of rotatable bonds is 7. The van der Waals surface area contributed by atoms with E-state index >= 15 is 0 Å². The molecule has 1 N–H and O–H groups in total. The number of aromatic nitrogens is 2. The fourth-order valence-electron chi connectivity index (χ4n) is 3.10. The third-order valence-corrected chi connectivity index (χ3v) is 4.52. The van der Waals surface area contributed by atoms with Crippen LogP contribution in [0.2, 0.25) is 0 Å². The van der Waals surface area contributed by atoms with Gasteiger partial charge in [-0.1, -0.05) is 38.3 Å². The Morgan fingerprint density at radius 2 is 2.00 bits per heavy atom. The van der Waals surface area contributed by atoms with Gasteiger partial charge in [0, 0.05) is 6.61 Å². The molecule has 1 saturated carbocycles. The summed E-state index contributed by atoms with van der Waals surface area (Å²) in [4.78, 5) is 4.51. The predicted molar refractivity (Wildman–Crippen MR) is 80.0 cm³/mol. The zero-order valence-corrected chi connectivity index (χ0v) is 13.4. The molecule has 0 aliphatic heterocycles. The van der Waals surface area contributed by atoms with Crippen molar-refractivity contribution >= 4 is 0 Å². The fraction of sp³-hybridized carbons (Fsp3) is 0.875. The van der Waals surface area contributed by atoms with Gasteiger partial charge in [-0.3, -0.25) is 0 Å². The molecule has 0 radical (unpaired) electrons. The monoisotopic (exact) mass is 296 g/mol. The molecule has 120 valence electrons. The molecule has 5 nitrogen and oxygen atoms in total. The average Bonchev–Trinajstić information content (AvgIpc) is 3.01. The Morgan fingerprint density at radius 3 is 2.62 bits per heavy atom. The maximum Gasteiger partial charge on any atom is 0.232 e. The second kappa shape index (κ2) is 7.90. The molecule has 1 aromatic rings. The minimum absolute atomic E-state index is 0.0706. The van der Waals surface area contributed by atoms with Gasteiger partial charge in [0.05, 0.1) is 12.0 Å². The quantitative estimate of drug-likeness (QED) is 0.832. The summed E-state index contributed by atoms with van der Waals surface area (Å²) in [6.07, 6.45) is 6.32. The lowest BCUT2D eigenvalue weighted by molar-refractivity contribution is -0.00145. The zero-order chi connectivity index (χ0) is 15.2. The van der Waals surface area contributed by atoms with Crippen molar-refractivity contribution in [3.63, 3.8) is 0 Å². The standard InChI is InChI=1S/C16H28N2O3/c1-4-13(19)11(3)16-17-15(18-21-16)14(20-5-2)12-9-7-6-8-10-12/h11-14,19H,4-10H2,1-3H3. The van der Waals surface area contributed by atoms with E-state index < -0.39 is 6.10 Å². The Balaban J connectivity index is 2.11. The van der Waals surface area contributed by atoms with E-state index in [9.17, 15) is 5.11 Å². The summed E-state index contributed by atoms with van der Waals surface area (Å²) >= 11 is 0. The summed E-state index contributed by atoms with van der Waals surface area (Å²) in [5.41, 5.74) is 0. The van der Waals surface area contributed by atoms with Gasteiger partial charge in [-0.2, -0.15) is 4.98 Å². The van der Waals surface area contributed by atoms with E-state index in [1.165, 1.54) is 32.1 Å². The van der Waals surface area contributed by atoms with Crippen LogP contribution in [0, 0.1) is 5.92 Å². The highest BCUT2D eigenvalue weighted by Crippen LogP contribution is 2.36. The topological polar surface area (TPSA) is 68.4 Å². The third-order valence-electron chi connectivity index (χ3n) is 4.52. The van der Waals surface area contributed by atoms with E-state index in [1.54, 1.807) is 0 Å². The molecule has 1 aliphatic rings. The van der Waals surface area contributed by atoms with Gasteiger partial charge in [0.2, 0.25) is 11.7 Å². The van der Waals surface area contributed by atoms with E-state index in [1.807, 2.05) is 20.8 Å². The van der Waals surface area contributed by atoms with Crippen molar-refractivity contribution in [2.45, 2.75) is 77.4 Å². The van der Waals surface area contributed by atoms with Gasteiger partial charge in [-0.05, 0) is 32.1 Å². The summed E-state index contributed by atoms with van der Waals surface area (Å²) in [5, 5.41) is 14.0. The van der Waals surface area contributed by atoms with Crippen LogP contribution in [-0.4, -0.2) is 28.0 Å². The summed E-state index contributed by atoms with van der Waals surface area (Å²) in [6, 6.07) is 0. The van der Waals surface area contributed by atoms with Crippen molar-refractivity contribution in [2.75, 3.05) is 6.61 Å². The molecule has 3 atom stereocenters. The molecule has 5 heteroatoms. The Labute approximate surface area is 127 Å². The maximum absolute atomic E-state index is 9.92. The summed E-state index contributed by atoms with van der Waals surface area (Å²) in [7, 11) is 0. The molecule has 0 bridgehead atoms. The third kappa shape index (κ3) is 4.04. The Kier molecular flexibility index (Phi) is 6.18. The Bertz CT molecular complexity index is 415. The van der Waals surface area contributed by atoms with Crippen molar-refractivity contribution in [2.24, 2.45) is 5.92 Å². The first kappa shape index (κ1) is 16.4. The Hall–Kier alpha value is -0.940. The normalized spacial score (nSPS) is 21.1. The molecule has 1 aliphatic carbocycles. The second-order valence-corrected chi connectivity index (χ2v) is 6.03. The van der Waals surface area contributed by atoms with Crippen LogP contribution in [0.4, 0.5) is 0 Å². The number of hydrogen-bond donors (Lipinski definition) is 1. The number of nitrogens with zero attached hydrogens (tertiary/aromatic N) is 2. The summed E-state index contributed by atoms with van der Waals surface area (Å²) in [5.74, 6) is 1.51. The molecular weight excluding hydrogens is 268 g/mol. The zero-order valence-electron chi connectivity index (χ0n) is 13.4. The van der Waals surface area contributed by atoms with Crippen LogP contribution in [0.5, 0.6) is 0 Å². The van der Waals surface area contributed by atoms with Gasteiger partial charge in [0.25, 0.3) is 0 Å². The van der Waals surface area contributed by atoms with Crippen LogP contribution < -0.4 is 0 Å². The van der Waals surface area contributed by atoms with Gasteiger partial charge in [0.1, 0.15) is 6.10 Å².